The monoisotopic (exact) mass is 281 g/mol. The van der Waals surface area contributed by atoms with Gasteiger partial charge in [0.1, 0.15) is 11.8 Å². The van der Waals surface area contributed by atoms with E-state index in [1.807, 2.05) is 18.8 Å². The Bertz CT molecular complexity index is 411. The molecule has 0 bridgehead atoms. The van der Waals surface area contributed by atoms with Crippen LogP contribution in [0.2, 0.25) is 0 Å². The van der Waals surface area contributed by atoms with Crippen molar-refractivity contribution in [2.75, 3.05) is 27.7 Å². The number of methoxy groups -OCH3 is 1. The van der Waals surface area contributed by atoms with Gasteiger partial charge in [-0.25, -0.2) is 0 Å². The van der Waals surface area contributed by atoms with Crippen LogP contribution in [0.15, 0.2) is 6.20 Å². The van der Waals surface area contributed by atoms with Crippen molar-refractivity contribution in [3.8, 4) is 5.75 Å². The highest BCUT2D eigenvalue weighted by Gasteiger charge is 2.28. The lowest BCUT2D eigenvalue weighted by Gasteiger charge is -2.27. The molecular formula is C15H27N3O2. The second-order valence-corrected chi connectivity index (χ2v) is 5.97. The number of hydrogen-bond donors (Lipinski definition) is 1. The molecule has 1 aliphatic carbocycles. The van der Waals surface area contributed by atoms with Crippen LogP contribution in [0.1, 0.15) is 43.9 Å². The largest absolute Gasteiger partial charge is 0.493 e. The summed E-state index contributed by atoms with van der Waals surface area (Å²) in [5, 5.41) is 15.1. The van der Waals surface area contributed by atoms with Crippen molar-refractivity contribution in [3.63, 3.8) is 0 Å². The maximum atomic E-state index is 10.7. The van der Waals surface area contributed by atoms with Crippen LogP contribution in [0.25, 0.3) is 0 Å². The second-order valence-electron chi connectivity index (χ2n) is 5.97. The molecule has 5 heteroatoms. The Labute approximate surface area is 121 Å². The number of hydrogen-bond acceptors (Lipinski definition) is 4. The van der Waals surface area contributed by atoms with Gasteiger partial charge in [-0.3, -0.25) is 4.68 Å². The van der Waals surface area contributed by atoms with Crippen molar-refractivity contribution >= 4 is 0 Å². The molecular weight excluding hydrogens is 254 g/mol. The highest BCUT2D eigenvalue weighted by molar-refractivity contribution is 5.27. The van der Waals surface area contributed by atoms with E-state index in [4.69, 9.17) is 4.74 Å². The molecule has 1 fully saturated rings. The van der Waals surface area contributed by atoms with E-state index in [-0.39, 0.29) is 0 Å². The molecule has 0 radical (unpaired) electrons. The zero-order chi connectivity index (χ0) is 14.5. The number of nitrogens with zero attached hydrogens (tertiary/aromatic N) is 3. The molecule has 1 saturated carbocycles. The van der Waals surface area contributed by atoms with Gasteiger partial charge in [0.05, 0.1) is 19.9 Å². The van der Waals surface area contributed by atoms with E-state index in [9.17, 15) is 5.11 Å². The molecule has 1 heterocycles. The van der Waals surface area contributed by atoms with Crippen LogP contribution >= 0.6 is 0 Å². The SMILES string of the molecule is COc1cnn(CCN(C)C)c1C(O)C1CCCCC1. The predicted octanol–water partition coefficient (Wildman–Crippen LogP) is 2.07. The van der Waals surface area contributed by atoms with Crippen LogP contribution in [0.4, 0.5) is 0 Å². The fourth-order valence-corrected chi connectivity index (χ4v) is 2.98. The topological polar surface area (TPSA) is 50.5 Å². The smallest absolute Gasteiger partial charge is 0.162 e. The summed E-state index contributed by atoms with van der Waals surface area (Å²) in [6, 6.07) is 0. The minimum Gasteiger partial charge on any atom is -0.493 e. The first kappa shape index (κ1) is 15.3. The first-order valence-electron chi connectivity index (χ1n) is 7.56. The van der Waals surface area contributed by atoms with Gasteiger partial charge in [0.2, 0.25) is 0 Å². The molecule has 1 unspecified atom stereocenters. The Morgan fingerprint density at radius 2 is 2.10 bits per heavy atom. The maximum Gasteiger partial charge on any atom is 0.162 e. The van der Waals surface area contributed by atoms with Crippen molar-refractivity contribution in [3.05, 3.63) is 11.9 Å². The van der Waals surface area contributed by atoms with Crippen LogP contribution in [-0.4, -0.2) is 47.5 Å². The van der Waals surface area contributed by atoms with E-state index in [0.29, 0.717) is 11.7 Å². The van der Waals surface area contributed by atoms with Crippen molar-refractivity contribution in [1.29, 1.82) is 0 Å². The predicted molar refractivity (Wildman–Crippen MR) is 78.9 cm³/mol. The Kier molecular flexibility index (Phi) is 5.43. The molecule has 20 heavy (non-hydrogen) atoms. The van der Waals surface area contributed by atoms with Crippen molar-refractivity contribution in [2.45, 2.75) is 44.8 Å². The molecule has 1 atom stereocenters. The number of ether oxygens (including phenoxy) is 1. The van der Waals surface area contributed by atoms with E-state index in [1.165, 1.54) is 19.3 Å². The van der Waals surface area contributed by atoms with Gasteiger partial charge in [-0.2, -0.15) is 5.10 Å². The molecule has 0 aromatic carbocycles. The van der Waals surface area contributed by atoms with Crippen LogP contribution in [0, 0.1) is 5.92 Å². The van der Waals surface area contributed by atoms with Gasteiger partial charge in [-0.1, -0.05) is 19.3 Å². The summed E-state index contributed by atoms with van der Waals surface area (Å²) >= 11 is 0. The lowest BCUT2D eigenvalue weighted by atomic mass is 9.84. The minimum atomic E-state index is -0.463. The average Bonchev–Trinajstić information content (AvgIpc) is 2.88. The standard InChI is InChI=1S/C15H27N3O2/c1-17(2)9-10-18-14(13(20-3)11-16-18)15(19)12-7-5-4-6-8-12/h11-12,15,19H,4-10H2,1-3H3. The average molecular weight is 281 g/mol. The zero-order valence-corrected chi connectivity index (χ0v) is 12.9. The summed E-state index contributed by atoms with van der Waals surface area (Å²) in [6.07, 6.45) is 7.19. The van der Waals surface area contributed by atoms with Gasteiger partial charge in [0, 0.05) is 6.54 Å². The molecule has 1 N–H and O–H groups in total. The molecule has 0 amide bonds. The third kappa shape index (κ3) is 3.52. The molecule has 0 aliphatic heterocycles. The van der Waals surface area contributed by atoms with Crippen molar-refractivity contribution < 1.29 is 9.84 Å². The molecule has 1 aromatic heterocycles. The molecule has 0 spiro atoms. The Hall–Kier alpha value is -1.07. The Balaban J connectivity index is 2.16. The van der Waals surface area contributed by atoms with E-state index in [1.54, 1.807) is 13.3 Å². The quantitative estimate of drug-likeness (QED) is 0.867. The third-order valence-electron chi connectivity index (χ3n) is 4.20. The first-order chi connectivity index (χ1) is 9.63. The Morgan fingerprint density at radius 3 is 2.70 bits per heavy atom. The lowest BCUT2D eigenvalue weighted by Crippen LogP contribution is -2.24. The fraction of sp³-hybridized carbons (Fsp3) is 0.800. The van der Waals surface area contributed by atoms with E-state index < -0.39 is 6.10 Å². The number of aromatic nitrogens is 2. The molecule has 1 aromatic rings. The summed E-state index contributed by atoms with van der Waals surface area (Å²) in [6.45, 7) is 1.67. The van der Waals surface area contributed by atoms with E-state index >= 15 is 0 Å². The molecule has 114 valence electrons. The number of aliphatic hydroxyl groups is 1. The summed E-state index contributed by atoms with van der Waals surface area (Å²) in [5.41, 5.74) is 0.848. The van der Waals surface area contributed by atoms with Gasteiger partial charge in [-0.05, 0) is 32.9 Å². The van der Waals surface area contributed by atoms with Gasteiger partial charge in [0.25, 0.3) is 0 Å². The summed E-state index contributed by atoms with van der Waals surface area (Å²) < 4.78 is 7.29. The van der Waals surface area contributed by atoms with Gasteiger partial charge < -0.3 is 14.7 Å². The van der Waals surface area contributed by atoms with Crippen molar-refractivity contribution in [1.82, 2.24) is 14.7 Å². The van der Waals surface area contributed by atoms with Crippen LogP contribution in [0.3, 0.4) is 0 Å². The number of rotatable bonds is 6. The fourth-order valence-electron chi connectivity index (χ4n) is 2.98. The molecule has 2 rings (SSSR count). The molecule has 1 aliphatic rings. The molecule has 0 saturated heterocycles. The first-order valence-corrected chi connectivity index (χ1v) is 7.56. The van der Waals surface area contributed by atoms with E-state index in [0.717, 1.165) is 31.6 Å². The van der Waals surface area contributed by atoms with Crippen molar-refractivity contribution in [2.24, 2.45) is 5.92 Å². The number of aliphatic hydroxyl groups excluding tert-OH is 1. The third-order valence-corrected chi connectivity index (χ3v) is 4.20. The lowest BCUT2D eigenvalue weighted by molar-refractivity contribution is 0.0739. The molecule has 5 nitrogen and oxygen atoms in total. The second kappa shape index (κ2) is 7.09. The van der Waals surface area contributed by atoms with Crippen LogP contribution in [-0.2, 0) is 6.54 Å². The normalized spacial score (nSPS) is 18.4. The zero-order valence-electron chi connectivity index (χ0n) is 12.9. The highest BCUT2D eigenvalue weighted by atomic mass is 16.5. The minimum absolute atomic E-state index is 0.340. The number of likely N-dealkylation sites (N-methyl/N-ethyl adjacent to an activating group) is 1. The summed E-state index contributed by atoms with van der Waals surface area (Å²) in [5.74, 6) is 1.05. The van der Waals surface area contributed by atoms with Crippen LogP contribution in [0.5, 0.6) is 5.75 Å². The van der Waals surface area contributed by atoms with Gasteiger partial charge in [0.15, 0.2) is 5.75 Å². The highest BCUT2D eigenvalue weighted by Crippen LogP contribution is 2.37. The van der Waals surface area contributed by atoms with Gasteiger partial charge >= 0.3 is 0 Å². The maximum absolute atomic E-state index is 10.7. The van der Waals surface area contributed by atoms with Crippen LogP contribution < -0.4 is 4.74 Å². The van der Waals surface area contributed by atoms with Gasteiger partial charge in [-0.15, -0.1) is 0 Å². The summed E-state index contributed by atoms with van der Waals surface area (Å²) in [4.78, 5) is 2.12. The van der Waals surface area contributed by atoms with E-state index in [2.05, 4.69) is 10.00 Å². The summed E-state index contributed by atoms with van der Waals surface area (Å²) in [7, 11) is 5.72. The Morgan fingerprint density at radius 1 is 1.40 bits per heavy atom.